The average Bonchev–Trinajstić information content (AvgIpc) is 2.97. The van der Waals surface area contributed by atoms with Crippen LogP contribution in [-0.4, -0.2) is 66.3 Å². The van der Waals surface area contributed by atoms with Gasteiger partial charge in [-0.3, -0.25) is 0 Å². The Bertz CT molecular complexity index is 1900. The van der Waals surface area contributed by atoms with Crippen LogP contribution in [0.3, 0.4) is 0 Å². The number of hydrogen-bond donors (Lipinski definition) is 0. The molecule has 12 heteroatoms. The van der Waals surface area contributed by atoms with Gasteiger partial charge in [0.2, 0.25) is 0 Å². The number of halogens is 2. The minimum atomic E-state index is -0.637. The number of rotatable bonds is 5. The topological polar surface area (TPSA) is 106 Å². The molecular weight excluding hydrogens is 621 g/mol. The van der Waals surface area contributed by atoms with Crippen molar-refractivity contribution in [2.24, 2.45) is 0 Å². The van der Waals surface area contributed by atoms with Gasteiger partial charge in [-0.2, -0.15) is 4.98 Å². The third-order valence-electron chi connectivity index (χ3n) is 8.21. The summed E-state index contributed by atoms with van der Waals surface area (Å²) in [6.45, 7) is 20.0. The van der Waals surface area contributed by atoms with Crippen LogP contribution in [0, 0.1) is 12.7 Å². The number of nitrogens with zero attached hydrogens (tertiary/aromatic N) is 7. The van der Waals surface area contributed by atoms with Gasteiger partial charge in [-0.05, 0) is 65.7 Å². The first-order chi connectivity index (χ1) is 22.0. The fourth-order valence-corrected chi connectivity index (χ4v) is 6.17. The van der Waals surface area contributed by atoms with Crippen molar-refractivity contribution in [3.8, 4) is 16.9 Å². The molecule has 0 unspecified atom stereocenters. The Morgan fingerprint density at radius 2 is 1.68 bits per heavy atom. The molecule has 1 fully saturated rings. The molecule has 47 heavy (non-hydrogen) atoms. The molecule has 0 saturated carbocycles. The summed E-state index contributed by atoms with van der Waals surface area (Å²) in [6, 6.07) is 7.44. The second-order valence-electron chi connectivity index (χ2n) is 13.9. The molecule has 4 aromatic rings. The summed E-state index contributed by atoms with van der Waals surface area (Å²) in [5.74, 6) is 0.564. The Balaban J connectivity index is 1.77. The first kappa shape index (κ1) is 34.2. The summed E-state index contributed by atoms with van der Waals surface area (Å²) < 4.78 is 22.2. The normalized spacial score (nSPS) is 17.2. The number of fused-ring (bicyclic) bond motifs is 1. The Hall–Kier alpha value is -4.12. The molecule has 4 heterocycles. The zero-order valence-corrected chi connectivity index (χ0v) is 29.5. The molecule has 10 nitrogen and oxygen atoms in total. The number of anilines is 1. The molecular formula is C35H43ClFN7O3. The highest BCUT2D eigenvalue weighted by atomic mass is 35.5. The van der Waals surface area contributed by atoms with E-state index in [-0.39, 0.29) is 45.8 Å². The number of aryl methyl sites for hydroxylation is 1. The molecule has 1 aromatic carbocycles. The standard InChI is InChI=1S/C35H43ClFN7O3/c1-18(2)27-29(22(7)38-30(39-27)19(3)4)44-32-24(15-25(36)28(40-32)23-13-11-12-14-26(23)37)31(41-33(44)45)42-16-21(6)43(17-20(42)5)34(46)47-35(8,9)10/h11-15,18-21H,16-17H2,1-10H3/t20-,21+/m0/s1. The number of carbonyl (C=O) groups is 1. The lowest BCUT2D eigenvalue weighted by molar-refractivity contribution is 0.0130. The highest BCUT2D eigenvalue weighted by Crippen LogP contribution is 2.37. The lowest BCUT2D eigenvalue weighted by Crippen LogP contribution is -2.59. The molecule has 0 bridgehead atoms. The van der Waals surface area contributed by atoms with E-state index in [0.717, 1.165) is 0 Å². The van der Waals surface area contributed by atoms with Crippen molar-refractivity contribution in [2.75, 3.05) is 18.0 Å². The first-order valence-corrected chi connectivity index (χ1v) is 16.4. The molecule has 1 amide bonds. The van der Waals surface area contributed by atoms with Crippen molar-refractivity contribution in [3.05, 3.63) is 68.9 Å². The zero-order chi connectivity index (χ0) is 34.5. The number of amides is 1. The van der Waals surface area contributed by atoms with Crippen LogP contribution in [0.4, 0.5) is 15.0 Å². The van der Waals surface area contributed by atoms with Crippen molar-refractivity contribution in [1.29, 1.82) is 0 Å². The van der Waals surface area contributed by atoms with Crippen LogP contribution in [0.15, 0.2) is 35.1 Å². The summed E-state index contributed by atoms with van der Waals surface area (Å²) in [6.07, 6.45) is -0.398. The second-order valence-corrected chi connectivity index (χ2v) is 14.3. The number of ether oxygens (including phenoxy) is 1. The van der Waals surface area contributed by atoms with Crippen molar-refractivity contribution in [1.82, 2.24) is 29.4 Å². The number of carbonyl (C=O) groups excluding carboxylic acids is 1. The number of pyridine rings is 1. The predicted molar refractivity (Wildman–Crippen MR) is 183 cm³/mol. The monoisotopic (exact) mass is 663 g/mol. The third kappa shape index (κ3) is 6.68. The van der Waals surface area contributed by atoms with Crippen LogP contribution < -0.4 is 10.6 Å². The van der Waals surface area contributed by atoms with Crippen molar-refractivity contribution >= 4 is 34.5 Å². The minimum Gasteiger partial charge on any atom is -0.444 e. The highest BCUT2D eigenvalue weighted by Gasteiger charge is 2.37. The van der Waals surface area contributed by atoms with Gasteiger partial charge in [-0.25, -0.2) is 33.5 Å². The smallest absolute Gasteiger partial charge is 0.410 e. The quantitative estimate of drug-likeness (QED) is 0.217. The molecule has 1 aliphatic heterocycles. The van der Waals surface area contributed by atoms with Crippen LogP contribution >= 0.6 is 11.6 Å². The van der Waals surface area contributed by atoms with E-state index < -0.39 is 23.2 Å². The van der Waals surface area contributed by atoms with E-state index in [4.69, 9.17) is 31.3 Å². The lowest BCUT2D eigenvalue weighted by atomic mass is 10.0. The van der Waals surface area contributed by atoms with Gasteiger partial charge < -0.3 is 14.5 Å². The molecule has 1 aliphatic rings. The zero-order valence-electron chi connectivity index (χ0n) is 28.7. The maximum atomic E-state index is 15.1. The first-order valence-electron chi connectivity index (χ1n) is 16.0. The molecule has 3 aromatic heterocycles. The van der Waals surface area contributed by atoms with E-state index in [1.165, 1.54) is 10.6 Å². The molecule has 0 spiro atoms. The summed E-state index contributed by atoms with van der Waals surface area (Å²) in [5, 5.41) is 0.706. The summed E-state index contributed by atoms with van der Waals surface area (Å²) >= 11 is 6.86. The molecule has 0 aliphatic carbocycles. The minimum absolute atomic E-state index is 0.0639. The Morgan fingerprint density at radius 1 is 1.00 bits per heavy atom. The number of hydrogen-bond acceptors (Lipinski definition) is 8. The van der Waals surface area contributed by atoms with Gasteiger partial charge in [0.1, 0.15) is 23.1 Å². The van der Waals surface area contributed by atoms with Gasteiger partial charge in [-0.1, -0.05) is 51.4 Å². The van der Waals surface area contributed by atoms with Gasteiger partial charge in [0.25, 0.3) is 0 Å². The van der Waals surface area contributed by atoms with Crippen molar-refractivity contribution in [3.63, 3.8) is 0 Å². The Kier molecular flexibility index (Phi) is 9.34. The lowest BCUT2D eigenvalue weighted by Gasteiger charge is -2.44. The maximum Gasteiger partial charge on any atom is 0.410 e. The van der Waals surface area contributed by atoms with E-state index in [2.05, 4.69) is 4.98 Å². The van der Waals surface area contributed by atoms with Crippen LogP contribution in [0.1, 0.15) is 91.4 Å². The number of benzene rings is 1. The van der Waals surface area contributed by atoms with Gasteiger partial charge in [-0.15, -0.1) is 0 Å². The largest absolute Gasteiger partial charge is 0.444 e. The van der Waals surface area contributed by atoms with Crippen molar-refractivity contribution in [2.45, 2.75) is 98.8 Å². The van der Waals surface area contributed by atoms with Gasteiger partial charge in [0.05, 0.1) is 33.2 Å². The summed E-state index contributed by atoms with van der Waals surface area (Å²) in [4.78, 5) is 50.2. The number of piperazine rings is 1. The molecule has 1 saturated heterocycles. The van der Waals surface area contributed by atoms with Crippen LogP contribution in [0.2, 0.25) is 5.02 Å². The third-order valence-corrected chi connectivity index (χ3v) is 8.49. The van der Waals surface area contributed by atoms with Crippen LogP contribution in [0.25, 0.3) is 28.0 Å². The average molecular weight is 664 g/mol. The SMILES string of the molecule is Cc1nc(C(C)C)nc(C(C)C)c1-n1c(=O)nc(N2C[C@@H](C)N(C(=O)OC(C)(C)C)C[C@@H]2C)c2cc(Cl)c(-c3ccccc3F)nc21. The number of aromatic nitrogens is 5. The van der Waals surface area contributed by atoms with Gasteiger partial charge in [0.15, 0.2) is 5.65 Å². The Labute approximate surface area is 280 Å². The van der Waals surface area contributed by atoms with E-state index >= 15 is 4.39 Å². The molecule has 2 atom stereocenters. The summed E-state index contributed by atoms with van der Waals surface area (Å²) in [5.41, 5.74) is 1.20. The fourth-order valence-electron chi connectivity index (χ4n) is 5.91. The molecule has 5 rings (SSSR count). The van der Waals surface area contributed by atoms with Gasteiger partial charge >= 0.3 is 11.8 Å². The summed E-state index contributed by atoms with van der Waals surface area (Å²) in [7, 11) is 0. The highest BCUT2D eigenvalue weighted by molar-refractivity contribution is 6.33. The predicted octanol–water partition coefficient (Wildman–Crippen LogP) is 7.42. The van der Waals surface area contributed by atoms with Gasteiger partial charge in [0, 0.05) is 36.7 Å². The maximum absolute atomic E-state index is 15.1. The molecule has 250 valence electrons. The van der Waals surface area contributed by atoms with E-state index in [1.54, 1.807) is 29.2 Å². The van der Waals surface area contributed by atoms with Crippen LogP contribution in [0.5, 0.6) is 0 Å². The Morgan fingerprint density at radius 3 is 2.30 bits per heavy atom. The van der Waals surface area contributed by atoms with Crippen molar-refractivity contribution < 1.29 is 13.9 Å². The fraction of sp³-hybridized carbons (Fsp3) is 0.486. The second kappa shape index (κ2) is 12.8. The van der Waals surface area contributed by atoms with Crippen LogP contribution in [-0.2, 0) is 4.74 Å². The molecule has 0 N–H and O–H groups in total. The van der Waals surface area contributed by atoms with E-state index in [9.17, 15) is 9.59 Å². The van der Waals surface area contributed by atoms with E-state index in [0.29, 0.717) is 47.2 Å². The molecule has 0 radical (unpaired) electrons. The van der Waals surface area contributed by atoms with E-state index in [1.807, 2.05) is 74.1 Å².